The molecule has 5 nitrogen and oxygen atoms in total. The number of hydrogen-bond donors (Lipinski definition) is 2. The van der Waals surface area contributed by atoms with Gasteiger partial charge in [0.1, 0.15) is 28.8 Å². The fourth-order valence-corrected chi connectivity index (χ4v) is 3.45. The highest BCUT2D eigenvalue weighted by molar-refractivity contribution is 5.91. The van der Waals surface area contributed by atoms with E-state index in [0.717, 1.165) is 52.1 Å². The molecule has 0 spiro atoms. The van der Waals surface area contributed by atoms with Gasteiger partial charge in [-0.1, -0.05) is 11.6 Å². The number of aryl methyl sites for hydroxylation is 2. The average Bonchev–Trinajstić information content (AvgIpc) is 2.90. The van der Waals surface area contributed by atoms with E-state index in [2.05, 4.69) is 29.4 Å². The Kier molecular flexibility index (Phi) is 3.29. The van der Waals surface area contributed by atoms with Gasteiger partial charge in [-0.2, -0.15) is 5.26 Å². The SMILES string of the molecule is Cc1ccc2oc(-c3c(C#N)c(N)nc4c3CNCC4)c(C)c2c1. The number of aromatic nitrogens is 1. The Morgan fingerprint density at radius 3 is 2.96 bits per heavy atom. The molecule has 0 atom stereocenters. The smallest absolute Gasteiger partial charge is 0.142 e. The summed E-state index contributed by atoms with van der Waals surface area (Å²) >= 11 is 0. The second-order valence-electron chi connectivity index (χ2n) is 6.27. The van der Waals surface area contributed by atoms with Crippen molar-refractivity contribution in [1.29, 1.82) is 5.26 Å². The summed E-state index contributed by atoms with van der Waals surface area (Å²) in [6, 6.07) is 8.33. The molecule has 0 amide bonds. The summed E-state index contributed by atoms with van der Waals surface area (Å²) in [5, 5.41) is 14.1. The van der Waals surface area contributed by atoms with E-state index in [0.29, 0.717) is 12.1 Å². The zero-order chi connectivity index (χ0) is 16.8. The minimum atomic E-state index is 0.282. The molecule has 1 aliphatic rings. The number of nitrogen functional groups attached to an aromatic ring is 1. The first-order chi connectivity index (χ1) is 11.6. The van der Waals surface area contributed by atoms with Gasteiger partial charge in [0, 0.05) is 41.7 Å². The highest BCUT2D eigenvalue weighted by atomic mass is 16.3. The zero-order valence-corrected chi connectivity index (χ0v) is 13.7. The van der Waals surface area contributed by atoms with Crippen LogP contribution in [0.1, 0.15) is 27.9 Å². The van der Waals surface area contributed by atoms with Crippen molar-refractivity contribution in [2.24, 2.45) is 0 Å². The second kappa shape index (κ2) is 5.36. The number of pyridine rings is 1. The van der Waals surface area contributed by atoms with Crippen LogP contribution in [-0.4, -0.2) is 11.5 Å². The van der Waals surface area contributed by atoms with Crippen molar-refractivity contribution in [1.82, 2.24) is 10.3 Å². The van der Waals surface area contributed by atoms with E-state index in [1.165, 1.54) is 5.56 Å². The number of nitrogens with zero attached hydrogens (tertiary/aromatic N) is 2. The lowest BCUT2D eigenvalue weighted by Crippen LogP contribution is -2.26. The minimum absolute atomic E-state index is 0.282. The maximum atomic E-state index is 9.64. The normalized spacial score (nSPS) is 13.7. The molecule has 2 aromatic heterocycles. The molecule has 3 heterocycles. The molecule has 0 aliphatic carbocycles. The molecule has 0 saturated heterocycles. The van der Waals surface area contributed by atoms with E-state index in [4.69, 9.17) is 10.2 Å². The number of nitrogens with two attached hydrogens (primary N) is 1. The number of nitrogens with one attached hydrogen (secondary N) is 1. The largest absolute Gasteiger partial charge is 0.456 e. The van der Waals surface area contributed by atoms with E-state index in [9.17, 15) is 5.26 Å². The van der Waals surface area contributed by atoms with Crippen LogP contribution in [0.3, 0.4) is 0 Å². The summed E-state index contributed by atoms with van der Waals surface area (Å²) in [5.41, 5.74) is 12.3. The van der Waals surface area contributed by atoms with E-state index >= 15 is 0 Å². The molecule has 0 radical (unpaired) electrons. The van der Waals surface area contributed by atoms with Crippen LogP contribution in [0.5, 0.6) is 0 Å². The quantitative estimate of drug-likeness (QED) is 0.719. The molecule has 0 fully saturated rings. The molecule has 120 valence electrons. The van der Waals surface area contributed by atoms with Gasteiger partial charge < -0.3 is 15.5 Å². The van der Waals surface area contributed by atoms with E-state index < -0.39 is 0 Å². The lowest BCUT2D eigenvalue weighted by atomic mass is 9.93. The minimum Gasteiger partial charge on any atom is -0.456 e. The fourth-order valence-electron chi connectivity index (χ4n) is 3.45. The molecular formula is C19H18N4O. The van der Waals surface area contributed by atoms with Gasteiger partial charge in [0.05, 0.1) is 0 Å². The Balaban J connectivity index is 2.08. The Hall–Kier alpha value is -2.84. The molecule has 24 heavy (non-hydrogen) atoms. The summed E-state index contributed by atoms with van der Waals surface area (Å²) < 4.78 is 6.14. The van der Waals surface area contributed by atoms with Gasteiger partial charge >= 0.3 is 0 Å². The number of nitriles is 1. The third-order valence-electron chi connectivity index (χ3n) is 4.68. The highest BCUT2D eigenvalue weighted by Crippen LogP contribution is 2.39. The average molecular weight is 318 g/mol. The monoisotopic (exact) mass is 318 g/mol. The number of anilines is 1. The van der Waals surface area contributed by atoms with Crippen LogP contribution in [-0.2, 0) is 13.0 Å². The molecular weight excluding hydrogens is 300 g/mol. The molecule has 0 saturated carbocycles. The van der Waals surface area contributed by atoms with Gasteiger partial charge in [-0.15, -0.1) is 0 Å². The number of furan rings is 1. The number of benzene rings is 1. The summed E-state index contributed by atoms with van der Waals surface area (Å²) in [6.07, 6.45) is 0.802. The number of hydrogen-bond acceptors (Lipinski definition) is 5. The van der Waals surface area contributed by atoms with Crippen molar-refractivity contribution in [3.05, 3.63) is 46.1 Å². The second-order valence-corrected chi connectivity index (χ2v) is 6.27. The van der Waals surface area contributed by atoms with E-state index in [1.807, 2.05) is 19.1 Å². The van der Waals surface area contributed by atoms with E-state index in [1.54, 1.807) is 0 Å². The lowest BCUT2D eigenvalue weighted by molar-refractivity contribution is 0.611. The van der Waals surface area contributed by atoms with Crippen molar-refractivity contribution in [3.8, 4) is 17.4 Å². The summed E-state index contributed by atoms with van der Waals surface area (Å²) in [4.78, 5) is 4.44. The maximum Gasteiger partial charge on any atom is 0.142 e. The summed E-state index contributed by atoms with van der Waals surface area (Å²) in [7, 11) is 0. The van der Waals surface area contributed by atoms with Crippen LogP contribution in [0.2, 0.25) is 0 Å². The summed E-state index contributed by atoms with van der Waals surface area (Å²) in [6.45, 7) is 5.62. The predicted molar refractivity (Wildman–Crippen MR) is 93.5 cm³/mol. The maximum absolute atomic E-state index is 9.64. The molecule has 0 bridgehead atoms. The van der Waals surface area contributed by atoms with Gasteiger partial charge in [0.2, 0.25) is 0 Å². The fraction of sp³-hybridized carbons (Fsp3) is 0.263. The van der Waals surface area contributed by atoms with Crippen molar-refractivity contribution >= 4 is 16.8 Å². The highest BCUT2D eigenvalue weighted by Gasteiger charge is 2.25. The Morgan fingerprint density at radius 2 is 2.17 bits per heavy atom. The molecule has 4 rings (SSSR count). The van der Waals surface area contributed by atoms with Gasteiger partial charge in [-0.25, -0.2) is 4.98 Å². The Morgan fingerprint density at radius 1 is 1.33 bits per heavy atom. The molecule has 1 aromatic carbocycles. The number of rotatable bonds is 1. The van der Waals surface area contributed by atoms with Crippen LogP contribution >= 0.6 is 0 Å². The third kappa shape index (κ3) is 2.08. The van der Waals surface area contributed by atoms with Crippen LogP contribution in [0.15, 0.2) is 22.6 Å². The van der Waals surface area contributed by atoms with Crippen molar-refractivity contribution < 1.29 is 4.42 Å². The Bertz CT molecular complexity index is 1010. The molecule has 0 unspecified atom stereocenters. The van der Waals surface area contributed by atoms with Crippen LogP contribution in [0.25, 0.3) is 22.3 Å². The van der Waals surface area contributed by atoms with Gasteiger partial charge in [-0.05, 0) is 31.5 Å². The van der Waals surface area contributed by atoms with Gasteiger partial charge in [0.25, 0.3) is 0 Å². The molecule has 3 N–H and O–H groups in total. The first-order valence-electron chi connectivity index (χ1n) is 8.02. The Labute approximate surface area is 140 Å². The van der Waals surface area contributed by atoms with Gasteiger partial charge in [-0.3, -0.25) is 0 Å². The standard InChI is InChI=1S/C19H18N4O/c1-10-3-4-16-12(7-10)11(2)18(24-16)17-13(8-20)19(21)23-15-5-6-22-9-14(15)17/h3-4,7,22H,5-6,9H2,1-2H3,(H2,21,23). The zero-order valence-electron chi connectivity index (χ0n) is 13.7. The van der Waals surface area contributed by atoms with Crippen molar-refractivity contribution in [2.75, 3.05) is 12.3 Å². The molecule has 3 aromatic rings. The van der Waals surface area contributed by atoms with Crippen LogP contribution < -0.4 is 11.1 Å². The molecule has 1 aliphatic heterocycles. The van der Waals surface area contributed by atoms with Crippen molar-refractivity contribution in [2.45, 2.75) is 26.8 Å². The predicted octanol–water partition coefficient (Wildman–Crippen LogP) is 3.21. The molecule has 5 heteroatoms. The van der Waals surface area contributed by atoms with Crippen molar-refractivity contribution in [3.63, 3.8) is 0 Å². The van der Waals surface area contributed by atoms with E-state index in [-0.39, 0.29) is 5.82 Å². The third-order valence-corrected chi connectivity index (χ3v) is 4.68. The lowest BCUT2D eigenvalue weighted by Gasteiger charge is -2.21. The summed E-state index contributed by atoms with van der Waals surface area (Å²) in [5.74, 6) is 1.00. The van der Waals surface area contributed by atoms with Crippen LogP contribution in [0, 0.1) is 25.2 Å². The first kappa shape index (κ1) is 14.7. The first-order valence-corrected chi connectivity index (χ1v) is 8.02. The number of fused-ring (bicyclic) bond motifs is 2. The topological polar surface area (TPSA) is 87.9 Å². The van der Waals surface area contributed by atoms with Crippen LogP contribution in [0.4, 0.5) is 5.82 Å². The van der Waals surface area contributed by atoms with Gasteiger partial charge in [0.15, 0.2) is 0 Å².